The second kappa shape index (κ2) is 9.34. The van der Waals surface area contributed by atoms with Crippen molar-refractivity contribution < 1.29 is 29.3 Å². The van der Waals surface area contributed by atoms with Gasteiger partial charge in [0.25, 0.3) is 12.4 Å². The molecule has 2 heterocycles. The summed E-state index contributed by atoms with van der Waals surface area (Å²) in [7, 11) is 3.94. The van der Waals surface area contributed by atoms with Gasteiger partial charge in [0.05, 0.1) is 11.0 Å². The average Bonchev–Trinajstić information content (AvgIpc) is 3.03. The molecular weight excluding hydrogens is 400 g/mol. The van der Waals surface area contributed by atoms with Crippen LogP contribution in [-0.2, 0) is 14.3 Å². The number of phenols is 1. The first-order valence-corrected chi connectivity index (χ1v) is 10.2. The maximum atomic E-state index is 13.0. The molecular formula is C23H28N2O6. The van der Waals surface area contributed by atoms with Crippen molar-refractivity contribution in [2.24, 2.45) is 5.41 Å². The minimum atomic E-state index is -0.469. The van der Waals surface area contributed by atoms with Crippen LogP contribution in [0.25, 0.3) is 10.8 Å². The number of amides is 1. The van der Waals surface area contributed by atoms with Crippen LogP contribution in [0, 0.1) is 5.41 Å². The van der Waals surface area contributed by atoms with E-state index in [4.69, 9.17) is 14.6 Å². The number of hydrogen-bond donors (Lipinski definition) is 2. The fraction of sp³-hybridized carbons (Fsp3) is 0.435. The lowest BCUT2D eigenvalue weighted by molar-refractivity contribution is -0.150. The van der Waals surface area contributed by atoms with Crippen LogP contribution in [0.2, 0.25) is 0 Å². The van der Waals surface area contributed by atoms with Gasteiger partial charge in [-0.1, -0.05) is 30.3 Å². The first-order valence-electron chi connectivity index (χ1n) is 10.2. The maximum absolute atomic E-state index is 13.0. The summed E-state index contributed by atoms with van der Waals surface area (Å²) in [5.74, 6) is -0.288. The van der Waals surface area contributed by atoms with Gasteiger partial charge in [-0.2, -0.15) is 0 Å². The Bertz CT molecular complexity index is 966. The van der Waals surface area contributed by atoms with E-state index in [0.717, 1.165) is 11.9 Å². The Labute approximate surface area is 181 Å². The van der Waals surface area contributed by atoms with Gasteiger partial charge in [-0.05, 0) is 38.4 Å². The number of carbonyl (C=O) groups is 3. The molecule has 0 aliphatic carbocycles. The minimum Gasteiger partial charge on any atom is -0.506 e. The summed E-state index contributed by atoms with van der Waals surface area (Å²) in [5.41, 5.74) is -0.155. The molecule has 1 atom stereocenters. The molecule has 2 aliphatic heterocycles. The Hall–Kier alpha value is -3.13. The van der Waals surface area contributed by atoms with Gasteiger partial charge in [0.2, 0.25) is 0 Å². The smallest absolute Gasteiger partial charge is 0.312 e. The highest BCUT2D eigenvalue weighted by molar-refractivity contribution is 6.03. The second-order valence-electron chi connectivity index (χ2n) is 8.35. The third-order valence-corrected chi connectivity index (χ3v) is 6.03. The molecule has 1 amide bonds. The topological polar surface area (TPSA) is 107 Å². The lowest BCUT2D eigenvalue weighted by Gasteiger charge is -2.36. The summed E-state index contributed by atoms with van der Waals surface area (Å²) in [6, 6.07) is 11.0. The first kappa shape index (κ1) is 22.6. The van der Waals surface area contributed by atoms with E-state index in [1.54, 1.807) is 11.0 Å². The van der Waals surface area contributed by atoms with Crippen molar-refractivity contribution >= 4 is 29.1 Å². The molecule has 2 aromatic carbocycles. The summed E-state index contributed by atoms with van der Waals surface area (Å²) in [6.45, 7) is 1.46. The number of fused-ring (bicyclic) bond motifs is 1. The lowest BCUT2D eigenvalue weighted by atomic mass is 9.76. The normalized spacial score (nSPS) is 19.8. The number of nitrogens with zero attached hydrogens (tertiary/aromatic N) is 2. The molecule has 0 aromatic heterocycles. The highest BCUT2D eigenvalue weighted by Crippen LogP contribution is 2.43. The van der Waals surface area contributed by atoms with Gasteiger partial charge in [0.1, 0.15) is 11.9 Å². The number of piperidine rings is 1. The number of esters is 1. The molecule has 8 heteroatoms. The molecule has 166 valence electrons. The van der Waals surface area contributed by atoms with E-state index < -0.39 is 5.41 Å². The SMILES string of the molecule is CN(C)CC1CC2(CCN(C(=O)c3ccc4ccccc4c3O)CC2)C(=O)O1.O=CO. The fourth-order valence-electron chi connectivity index (χ4n) is 4.49. The number of ether oxygens (including phenoxy) is 1. The summed E-state index contributed by atoms with van der Waals surface area (Å²) < 4.78 is 5.59. The zero-order valence-electron chi connectivity index (χ0n) is 17.8. The van der Waals surface area contributed by atoms with Crippen molar-refractivity contribution in [2.75, 3.05) is 33.7 Å². The molecule has 31 heavy (non-hydrogen) atoms. The van der Waals surface area contributed by atoms with Crippen molar-refractivity contribution in [3.8, 4) is 5.75 Å². The third-order valence-electron chi connectivity index (χ3n) is 6.03. The molecule has 8 nitrogen and oxygen atoms in total. The minimum absolute atomic E-state index is 0.0229. The van der Waals surface area contributed by atoms with Gasteiger partial charge in [0, 0.05) is 31.4 Å². The number of likely N-dealkylation sites (tertiary alicyclic amines) is 1. The number of benzene rings is 2. The number of likely N-dealkylation sites (N-methyl/N-ethyl adjacent to an activating group) is 1. The number of cyclic esters (lactones) is 1. The Morgan fingerprint density at radius 2 is 1.87 bits per heavy atom. The molecule has 2 N–H and O–H groups in total. The van der Waals surface area contributed by atoms with Crippen LogP contribution in [0.3, 0.4) is 0 Å². The molecule has 2 aliphatic rings. The molecule has 4 rings (SSSR count). The van der Waals surface area contributed by atoms with Crippen LogP contribution < -0.4 is 0 Å². The summed E-state index contributed by atoms with van der Waals surface area (Å²) in [5, 5.41) is 19.1. The van der Waals surface area contributed by atoms with Gasteiger partial charge in [-0.3, -0.25) is 14.4 Å². The van der Waals surface area contributed by atoms with Gasteiger partial charge >= 0.3 is 5.97 Å². The highest BCUT2D eigenvalue weighted by Gasteiger charge is 2.50. The predicted molar refractivity (Wildman–Crippen MR) is 115 cm³/mol. The Balaban J connectivity index is 0.000000858. The van der Waals surface area contributed by atoms with Crippen LogP contribution in [-0.4, -0.2) is 78.2 Å². The Morgan fingerprint density at radius 3 is 2.52 bits per heavy atom. The largest absolute Gasteiger partial charge is 0.506 e. The first-order chi connectivity index (χ1) is 14.8. The predicted octanol–water partition coefficient (Wildman–Crippen LogP) is 2.35. The molecule has 0 bridgehead atoms. The van der Waals surface area contributed by atoms with E-state index in [9.17, 15) is 14.7 Å². The molecule has 2 aromatic rings. The van der Waals surface area contributed by atoms with E-state index in [1.807, 2.05) is 49.3 Å². The molecule has 2 fully saturated rings. The summed E-state index contributed by atoms with van der Waals surface area (Å²) in [6.07, 6.45) is 1.85. The molecule has 1 unspecified atom stereocenters. The molecule has 0 saturated carbocycles. The number of carbonyl (C=O) groups excluding carboxylic acids is 2. The van der Waals surface area contributed by atoms with Crippen molar-refractivity contribution in [3.63, 3.8) is 0 Å². The fourth-order valence-corrected chi connectivity index (χ4v) is 4.49. The van der Waals surface area contributed by atoms with Crippen molar-refractivity contribution in [1.82, 2.24) is 9.80 Å². The summed E-state index contributed by atoms with van der Waals surface area (Å²) in [4.78, 5) is 37.6. The second-order valence-corrected chi connectivity index (χ2v) is 8.35. The summed E-state index contributed by atoms with van der Waals surface area (Å²) >= 11 is 0. The maximum Gasteiger partial charge on any atom is 0.312 e. The Kier molecular flexibility index (Phi) is 6.80. The van der Waals surface area contributed by atoms with E-state index in [2.05, 4.69) is 0 Å². The zero-order chi connectivity index (χ0) is 22.6. The number of rotatable bonds is 3. The van der Waals surface area contributed by atoms with Crippen molar-refractivity contribution in [1.29, 1.82) is 0 Å². The van der Waals surface area contributed by atoms with Gasteiger partial charge in [-0.25, -0.2) is 0 Å². The standard InChI is InChI=1S/C22H26N2O4.CH2O2/c1-23(2)14-16-13-22(21(27)28-16)9-11-24(12-10-22)20(26)18-8-7-15-5-3-4-6-17(15)19(18)25;2-1-3/h3-8,16,25H,9-14H2,1-2H3;1H,(H,2,3). The number of carboxylic acid groups (broad SMARTS) is 1. The number of hydrogen-bond acceptors (Lipinski definition) is 6. The molecule has 1 spiro atoms. The van der Waals surface area contributed by atoms with E-state index in [1.165, 1.54) is 0 Å². The average molecular weight is 428 g/mol. The van der Waals surface area contributed by atoms with Gasteiger partial charge < -0.3 is 24.7 Å². The van der Waals surface area contributed by atoms with Crippen molar-refractivity contribution in [3.05, 3.63) is 42.0 Å². The van der Waals surface area contributed by atoms with Crippen molar-refractivity contribution in [2.45, 2.75) is 25.4 Å². The van der Waals surface area contributed by atoms with Crippen LogP contribution in [0.5, 0.6) is 5.75 Å². The van der Waals surface area contributed by atoms with Gasteiger partial charge in [0.15, 0.2) is 0 Å². The Morgan fingerprint density at radius 1 is 1.23 bits per heavy atom. The van der Waals surface area contributed by atoms with Crippen LogP contribution >= 0.6 is 0 Å². The van der Waals surface area contributed by atoms with Crippen LogP contribution in [0.1, 0.15) is 29.6 Å². The molecule has 0 radical (unpaired) electrons. The van der Waals surface area contributed by atoms with E-state index in [0.29, 0.717) is 43.3 Å². The zero-order valence-corrected chi connectivity index (χ0v) is 17.8. The number of phenolic OH excluding ortho intramolecular Hbond substituents is 1. The monoisotopic (exact) mass is 428 g/mol. The van der Waals surface area contributed by atoms with Crippen LogP contribution in [0.4, 0.5) is 0 Å². The van der Waals surface area contributed by atoms with E-state index >= 15 is 0 Å². The lowest BCUT2D eigenvalue weighted by Crippen LogP contribution is -2.45. The van der Waals surface area contributed by atoms with E-state index in [-0.39, 0.29) is 30.2 Å². The third kappa shape index (κ3) is 4.64. The van der Waals surface area contributed by atoms with Crippen LogP contribution in [0.15, 0.2) is 36.4 Å². The highest BCUT2D eigenvalue weighted by atomic mass is 16.6. The molecule has 2 saturated heterocycles. The quantitative estimate of drug-likeness (QED) is 0.571. The van der Waals surface area contributed by atoms with Gasteiger partial charge in [-0.15, -0.1) is 0 Å². The number of aromatic hydroxyl groups is 1.